The second-order valence-electron chi connectivity index (χ2n) is 14.0. The summed E-state index contributed by atoms with van der Waals surface area (Å²) in [5, 5.41) is 54.9. The van der Waals surface area contributed by atoms with Crippen LogP contribution < -0.4 is 10.1 Å². The summed E-state index contributed by atoms with van der Waals surface area (Å²) in [6, 6.07) is 5.98. The fourth-order valence-corrected chi connectivity index (χ4v) is 8.02. The van der Waals surface area contributed by atoms with Crippen LogP contribution in [-0.4, -0.2) is 82.0 Å². The largest absolute Gasteiger partial charge is 0.592 e. The van der Waals surface area contributed by atoms with Crippen molar-refractivity contribution in [3.8, 4) is 11.5 Å². The van der Waals surface area contributed by atoms with Gasteiger partial charge in [-0.05, 0) is 75.0 Å². The molecule has 5 rings (SSSR count). The van der Waals surface area contributed by atoms with Crippen molar-refractivity contribution in [1.82, 2.24) is 5.32 Å². The van der Waals surface area contributed by atoms with Gasteiger partial charge in [-0.25, -0.2) is 0 Å². The lowest BCUT2D eigenvalue weighted by Crippen LogP contribution is -2.44. The number of aromatic hydroxyl groups is 1. The Morgan fingerprint density at radius 2 is 2.00 bits per heavy atom. The summed E-state index contributed by atoms with van der Waals surface area (Å²) in [5.74, 6) is 3.48. The molecule has 47 heavy (non-hydrogen) atoms. The summed E-state index contributed by atoms with van der Waals surface area (Å²) in [7, 11) is 0. The quantitative estimate of drug-likeness (QED) is 0.122. The Kier molecular flexibility index (Phi) is 13.0. The number of unbranched alkanes of at least 4 members (excludes halogenated alkanes) is 1. The van der Waals surface area contributed by atoms with E-state index in [9.17, 15) is 25.5 Å². The van der Waals surface area contributed by atoms with E-state index >= 15 is 0 Å². The molecule has 6 N–H and O–H groups in total. The lowest BCUT2D eigenvalue weighted by Gasteiger charge is -2.32. The first-order chi connectivity index (χ1) is 22.8. The number of benzene rings is 1. The van der Waals surface area contributed by atoms with Crippen LogP contribution in [0.4, 0.5) is 0 Å². The molecular weight excluding hydrogens is 596 g/mol. The van der Waals surface area contributed by atoms with Crippen LogP contribution in [0.5, 0.6) is 11.5 Å². The molecule has 1 unspecified atom stereocenters. The van der Waals surface area contributed by atoms with Crippen molar-refractivity contribution >= 4 is 5.71 Å². The van der Waals surface area contributed by atoms with E-state index < -0.39 is 12.2 Å². The van der Waals surface area contributed by atoms with E-state index in [2.05, 4.69) is 18.3 Å². The van der Waals surface area contributed by atoms with E-state index in [-0.39, 0.29) is 43.6 Å². The fourth-order valence-electron chi connectivity index (χ4n) is 8.02. The van der Waals surface area contributed by atoms with Crippen LogP contribution in [0, 0.1) is 29.7 Å². The maximum absolute atomic E-state index is 11.3. The van der Waals surface area contributed by atoms with Gasteiger partial charge in [0.1, 0.15) is 12.2 Å². The van der Waals surface area contributed by atoms with Crippen molar-refractivity contribution in [2.45, 2.75) is 115 Å². The molecule has 9 heteroatoms. The van der Waals surface area contributed by atoms with Gasteiger partial charge in [0.25, 0.3) is 0 Å². The van der Waals surface area contributed by atoms with Gasteiger partial charge in [0, 0.05) is 38.3 Å². The Bertz CT molecular complexity index is 1250. The van der Waals surface area contributed by atoms with E-state index in [1.54, 1.807) is 13.0 Å². The topological polar surface area (TPSA) is 144 Å². The molecule has 9 nitrogen and oxygen atoms in total. The molecule has 7 atom stereocenters. The number of rotatable bonds is 18. The lowest BCUT2D eigenvalue weighted by molar-refractivity contribution is 0.120. The van der Waals surface area contributed by atoms with Crippen LogP contribution in [-0.2, 0) is 11.2 Å². The molecule has 0 spiro atoms. The monoisotopic (exact) mass is 652 g/mol. The minimum atomic E-state index is -0.962. The van der Waals surface area contributed by atoms with Crippen molar-refractivity contribution < 1.29 is 35.0 Å². The maximum atomic E-state index is 11.3. The zero-order valence-electron chi connectivity index (χ0n) is 28.2. The summed E-state index contributed by atoms with van der Waals surface area (Å²) >= 11 is 0. The number of phenols is 1. The maximum Gasteiger partial charge on any atom is 0.189 e. The number of nitrogens with one attached hydrogen (secondary N) is 1. The number of ether oxygens (including phenoxy) is 2. The van der Waals surface area contributed by atoms with Crippen molar-refractivity contribution in [3.05, 3.63) is 59.2 Å². The fraction of sp³-hybridized carbons (Fsp3) is 0.658. The number of allylic oxidation sites excluding steroid dienone is 1. The van der Waals surface area contributed by atoms with E-state index in [4.69, 9.17) is 14.5 Å². The number of aliphatic hydroxyl groups excluding tert-OH is 4. The number of aliphatic imine (C=N–C) groups is 1. The van der Waals surface area contributed by atoms with E-state index in [1.807, 2.05) is 18.2 Å². The van der Waals surface area contributed by atoms with Gasteiger partial charge in [0.2, 0.25) is 0 Å². The summed E-state index contributed by atoms with van der Waals surface area (Å²) in [6.45, 7) is 4.52. The highest BCUT2D eigenvalue weighted by atomic mass is 16.5. The van der Waals surface area contributed by atoms with Gasteiger partial charge in [0.15, 0.2) is 29.4 Å². The normalized spacial score (nSPS) is 25.7. The van der Waals surface area contributed by atoms with Crippen LogP contribution in [0.1, 0.15) is 90.0 Å². The molecule has 2 fully saturated rings. The van der Waals surface area contributed by atoms with Gasteiger partial charge < -0.3 is 40.3 Å². The number of phenolic OH excluding ortho intramolecular Hbond substituents is 1. The van der Waals surface area contributed by atoms with E-state index in [0.29, 0.717) is 49.4 Å². The highest BCUT2D eigenvalue weighted by Gasteiger charge is 2.50. The number of hydrogen-bond acceptors (Lipinski definition) is 9. The third-order valence-electron chi connectivity index (χ3n) is 10.5. The molecule has 1 aromatic carbocycles. The first-order valence-corrected chi connectivity index (χ1v) is 18.0. The van der Waals surface area contributed by atoms with Crippen LogP contribution in [0.25, 0.3) is 0 Å². The number of fused-ring (bicyclic) bond motifs is 2. The smallest absolute Gasteiger partial charge is 0.189 e. The molecule has 0 bridgehead atoms. The summed E-state index contributed by atoms with van der Waals surface area (Å²) < 4.78 is 12.1. The minimum absolute atomic E-state index is 0.00453. The zero-order valence-corrected chi connectivity index (χ0v) is 28.2. The third kappa shape index (κ3) is 9.06. The molecule has 2 aliphatic carbocycles. The van der Waals surface area contributed by atoms with Crippen molar-refractivity contribution in [1.29, 1.82) is 0 Å². The second kappa shape index (κ2) is 17.1. The Labute approximate surface area is 280 Å². The Hall–Kier alpha value is -2.69. The van der Waals surface area contributed by atoms with Gasteiger partial charge in [-0.2, -0.15) is 12.0 Å². The number of nitrogens with zero attached hydrogens (tertiary/aromatic N) is 1. The van der Waals surface area contributed by atoms with Crippen molar-refractivity contribution in [3.63, 3.8) is 0 Å². The molecule has 2 saturated carbocycles. The minimum Gasteiger partial charge on any atom is -0.592 e. The van der Waals surface area contributed by atoms with E-state index in [0.717, 1.165) is 67.9 Å². The summed E-state index contributed by atoms with van der Waals surface area (Å²) in [6.07, 6.45) is 14.0. The highest BCUT2D eigenvalue weighted by Crippen LogP contribution is 2.49. The summed E-state index contributed by atoms with van der Waals surface area (Å²) in [4.78, 5) is 4.95. The molecule has 0 aromatic heterocycles. The van der Waals surface area contributed by atoms with Crippen molar-refractivity contribution in [2.24, 2.45) is 22.7 Å². The third-order valence-corrected chi connectivity index (χ3v) is 10.5. The first kappa shape index (κ1) is 35.6. The molecule has 2 aliphatic heterocycles. The standard InChI is InChI=1S/C38H56N2O7/c1-3-4-10-36-27(22-42)19-28(47-36)14-11-25-12-16-34(44)37(18-25)46-23-35(45)33-20-30-31(40-33)15-13-26-7-5-8-29(26)38(30)32(9-6-17-41)39-21-24(2)43/h12,16,18-20,24,26,29,32,35-36,38-39,41-45H,3-11,13-15,17,21-23H2,1-2H3/t24-,26+,29-,32-,35-,36?,38-/m0/s1. The Morgan fingerprint density at radius 1 is 1.15 bits per heavy atom. The second-order valence-corrected chi connectivity index (χ2v) is 14.0. The van der Waals surface area contributed by atoms with Crippen LogP contribution in [0.3, 0.4) is 0 Å². The van der Waals surface area contributed by atoms with Crippen LogP contribution >= 0.6 is 0 Å². The number of aryl methyl sites for hydroxylation is 1. The molecule has 1 aromatic rings. The molecule has 4 aliphatic rings. The van der Waals surface area contributed by atoms with Crippen molar-refractivity contribution in [2.75, 3.05) is 26.4 Å². The van der Waals surface area contributed by atoms with Crippen LogP contribution in [0.2, 0.25) is 0 Å². The average Bonchev–Trinajstić information content (AvgIpc) is 3.79. The van der Waals surface area contributed by atoms with Crippen LogP contribution in [0.15, 0.2) is 46.7 Å². The van der Waals surface area contributed by atoms with Gasteiger partial charge in [-0.15, -0.1) is 4.99 Å². The predicted molar refractivity (Wildman–Crippen MR) is 183 cm³/mol. The number of hydrogen-bond donors (Lipinski definition) is 6. The predicted octanol–water partition coefficient (Wildman–Crippen LogP) is 4.95. The van der Waals surface area contributed by atoms with Gasteiger partial charge in [-0.1, -0.05) is 50.9 Å². The highest BCUT2D eigenvalue weighted by molar-refractivity contribution is 6.04. The first-order valence-electron chi connectivity index (χ1n) is 18.0. The summed E-state index contributed by atoms with van der Waals surface area (Å²) in [5.41, 5.74) is 3.20. The molecule has 0 saturated heterocycles. The average molecular weight is 653 g/mol. The Balaban J connectivity index is 1.23. The lowest BCUT2D eigenvalue weighted by atomic mass is 9.74. The van der Waals surface area contributed by atoms with Gasteiger partial charge in [0.05, 0.1) is 18.1 Å². The molecule has 0 radical (unpaired) electrons. The Morgan fingerprint density at radius 3 is 2.77 bits per heavy atom. The van der Waals surface area contributed by atoms with Gasteiger partial charge >= 0.3 is 0 Å². The van der Waals surface area contributed by atoms with Gasteiger partial charge in [-0.3, -0.25) is 0 Å². The molecule has 260 valence electrons. The molecular formula is C38H56N2O7. The molecule has 2 heterocycles. The molecule has 0 amide bonds. The zero-order chi connectivity index (χ0) is 33.3. The van der Waals surface area contributed by atoms with E-state index in [1.165, 1.54) is 18.4 Å². The SMILES string of the molecule is CCCCC1OC(CCc2ccc(O)c(OC[C@H](O)[C+]3C=C4C(=N3)CC[C@H]3CCC[C@@H]3[C@@H]4[C@H](CCCO)NC[C@H](C)O)c2)=C[C-]1CO. The number of aliphatic hydroxyl groups is 4.